The molecule has 0 aliphatic rings. The Balaban J connectivity index is 4.08. The lowest BCUT2D eigenvalue weighted by atomic mass is 10.00. The molecule has 2 atom stereocenters. The van der Waals surface area contributed by atoms with Crippen LogP contribution in [0.2, 0.25) is 0 Å². The maximum absolute atomic E-state index is 5.34. The van der Waals surface area contributed by atoms with Crippen LogP contribution in [0.1, 0.15) is 20.8 Å². The fraction of sp³-hybridized carbons (Fsp3) is 0.750. The van der Waals surface area contributed by atoms with Gasteiger partial charge >= 0.3 is 0 Å². The van der Waals surface area contributed by atoms with Crippen LogP contribution in [0.3, 0.4) is 0 Å². The average Bonchev–Trinajstić information content (AvgIpc) is 2.05. The molecule has 0 fully saturated rings. The van der Waals surface area contributed by atoms with Crippen LogP contribution in [0.4, 0.5) is 0 Å². The second-order valence-corrected chi connectivity index (χ2v) is 2.75. The highest BCUT2D eigenvalue weighted by Gasteiger charge is 2.13. The molecule has 0 bridgehead atoms. The topological polar surface area (TPSA) is 50.1 Å². The van der Waals surface area contributed by atoms with Crippen LogP contribution in [-0.2, 0) is 0 Å². The van der Waals surface area contributed by atoms with Crippen molar-refractivity contribution in [2.45, 2.75) is 26.9 Å². The number of hydrogen-bond donors (Lipinski definition) is 3. The average molecular weight is 157 g/mol. The van der Waals surface area contributed by atoms with E-state index in [1.165, 1.54) is 5.57 Å². The highest BCUT2D eigenvalue weighted by atomic mass is 15.3. The SMILES string of the molecule is CC=C(C)C(C)C(NC)NN. The molecule has 0 spiro atoms. The van der Waals surface area contributed by atoms with Gasteiger partial charge in [0.1, 0.15) is 0 Å². The summed E-state index contributed by atoms with van der Waals surface area (Å²) < 4.78 is 0. The summed E-state index contributed by atoms with van der Waals surface area (Å²) in [7, 11) is 1.89. The first-order chi connectivity index (χ1) is 5.17. The van der Waals surface area contributed by atoms with Crippen LogP contribution in [0.5, 0.6) is 0 Å². The van der Waals surface area contributed by atoms with E-state index in [2.05, 4.69) is 30.7 Å². The molecule has 0 saturated carbocycles. The molecule has 3 nitrogen and oxygen atoms in total. The van der Waals surface area contributed by atoms with E-state index in [1.807, 2.05) is 14.0 Å². The smallest absolute Gasteiger partial charge is 0.0762 e. The van der Waals surface area contributed by atoms with E-state index in [0.717, 1.165) is 0 Å². The fourth-order valence-electron chi connectivity index (χ4n) is 1.00. The summed E-state index contributed by atoms with van der Waals surface area (Å²) in [6.07, 6.45) is 2.26. The molecule has 0 aromatic heterocycles. The van der Waals surface area contributed by atoms with Gasteiger partial charge in [0.15, 0.2) is 0 Å². The van der Waals surface area contributed by atoms with Crippen molar-refractivity contribution in [1.29, 1.82) is 0 Å². The Morgan fingerprint density at radius 2 is 2.09 bits per heavy atom. The van der Waals surface area contributed by atoms with Crippen LogP contribution in [0.25, 0.3) is 0 Å². The summed E-state index contributed by atoms with van der Waals surface area (Å²) in [6.45, 7) is 6.28. The van der Waals surface area contributed by atoms with Crippen molar-refractivity contribution in [2.24, 2.45) is 11.8 Å². The van der Waals surface area contributed by atoms with Crippen LogP contribution < -0.4 is 16.6 Å². The van der Waals surface area contributed by atoms with Crippen LogP contribution >= 0.6 is 0 Å². The molecular weight excluding hydrogens is 138 g/mol. The zero-order chi connectivity index (χ0) is 8.85. The van der Waals surface area contributed by atoms with Gasteiger partial charge in [-0.15, -0.1) is 0 Å². The third kappa shape index (κ3) is 3.01. The molecule has 4 N–H and O–H groups in total. The summed E-state index contributed by atoms with van der Waals surface area (Å²) in [5.74, 6) is 5.76. The minimum absolute atomic E-state index is 0.159. The zero-order valence-corrected chi connectivity index (χ0v) is 7.81. The predicted octanol–water partition coefficient (Wildman–Crippen LogP) is 0.598. The number of nitrogens with one attached hydrogen (secondary N) is 2. The maximum Gasteiger partial charge on any atom is 0.0762 e. The Morgan fingerprint density at radius 3 is 2.36 bits per heavy atom. The molecule has 66 valence electrons. The second-order valence-electron chi connectivity index (χ2n) is 2.75. The van der Waals surface area contributed by atoms with Crippen molar-refractivity contribution in [3.8, 4) is 0 Å². The van der Waals surface area contributed by atoms with Crippen LogP contribution in [0.15, 0.2) is 11.6 Å². The van der Waals surface area contributed by atoms with Gasteiger partial charge in [-0.1, -0.05) is 18.6 Å². The lowest BCUT2D eigenvalue weighted by Crippen LogP contribution is -2.48. The van der Waals surface area contributed by atoms with Gasteiger partial charge in [0, 0.05) is 5.92 Å². The van der Waals surface area contributed by atoms with Crippen molar-refractivity contribution in [2.75, 3.05) is 7.05 Å². The quantitative estimate of drug-likeness (QED) is 0.242. The molecule has 0 aromatic carbocycles. The summed E-state index contributed by atoms with van der Waals surface area (Å²) in [6, 6.07) is 0. The van der Waals surface area contributed by atoms with Crippen LogP contribution in [-0.4, -0.2) is 13.2 Å². The third-order valence-electron chi connectivity index (χ3n) is 2.16. The van der Waals surface area contributed by atoms with E-state index < -0.39 is 0 Å². The van der Waals surface area contributed by atoms with Gasteiger partial charge in [0.25, 0.3) is 0 Å². The molecule has 0 aliphatic heterocycles. The summed E-state index contributed by atoms with van der Waals surface area (Å²) >= 11 is 0. The standard InChI is InChI=1S/C8H19N3/c1-5-6(2)7(3)8(10-4)11-9/h5,7-8,10-11H,9H2,1-4H3. The van der Waals surface area contributed by atoms with Gasteiger partial charge in [0.05, 0.1) is 6.17 Å². The van der Waals surface area contributed by atoms with E-state index >= 15 is 0 Å². The lowest BCUT2D eigenvalue weighted by Gasteiger charge is -2.23. The molecule has 11 heavy (non-hydrogen) atoms. The Hall–Kier alpha value is -0.380. The van der Waals surface area contributed by atoms with Gasteiger partial charge in [-0.25, -0.2) is 5.43 Å². The first kappa shape index (κ1) is 10.6. The van der Waals surface area contributed by atoms with Gasteiger partial charge in [-0.05, 0) is 20.9 Å². The Kier molecular flexibility index (Phi) is 5.11. The van der Waals surface area contributed by atoms with Crippen molar-refractivity contribution in [3.05, 3.63) is 11.6 Å². The van der Waals surface area contributed by atoms with Gasteiger partial charge in [-0.3, -0.25) is 5.84 Å². The monoisotopic (exact) mass is 157 g/mol. The van der Waals surface area contributed by atoms with Crippen molar-refractivity contribution in [1.82, 2.24) is 10.7 Å². The molecule has 0 saturated heterocycles. The van der Waals surface area contributed by atoms with Crippen molar-refractivity contribution in [3.63, 3.8) is 0 Å². The van der Waals surface area contributed by atoms with Crippen molar-refractivity contribution >= 4 is 0 Å². The molecule has 0 heterocycles. The van der Waals surface area contributed by atoms with Gasteiger partial charge in [0.2, 0.25) is 0 Å². The van der Waals surface area contributed by atoms with E-state index in [1.54, 1.807) is 0 Å². The number of nitrogens with two attached hydrogens (primary N) is 1. The molecule has 0 rings (SSSR count). The molecule has 2 unspecified atom stereocenters. The van der Waals surface area contributed by atoms with E-state index in [-0.39, 0.29) is 6.17 Å². The first-order valence-electron chi connectivity index (χ1n) is 3.93. The number of hydrazine groups is 1. The Labute approximate surface area is 69.0 Å². The highest BCUT2D eigenvalue weighted by Crippen LogP contribution is 2.11. The fourth-order valence-corrected chi connectivity index (χ4v) is 1.00. The van der Waals surface area contributed by atoms with Gasteiger partial charge in [-0.2, -0.15) is 0 Å². The van der Waals surface area contributed by atoms with Crippen LogP contribution in [0, 0.1) is 5.92 Å². The molecule has 3 heteroatoms. The zero-order valence-electron chi connectivity index (χ0n) is 7.81. The minimum Gasteiger partial charge on any atom is -0.303 e. The van der Waals surface area contributed by atoms with Gasteiger partial charge < -0.3 is 5.32 Å². The summed E-state index contributed by atoms with van der Waals surface area (Å²) in [5, 5.41) is 3.09. The Bertz CT molecular complexity index is 127. The summed E-state index contributed by atoms with van der Waals surface area (Å²) in [5.41, 5.74) is 4.05. The second kappa shape index (κ2) is 5.29. The molecule has 0 aliphatic carbocycles. The maximum atomic E-state index is 5.34. The Morgan fingerprint density at radius 1 is 1.55 bits per heavy atom. The largest absolute Gasteiger partial charge is 0.303 e. The summed E-state index contributed by atoms with van der Waals surface area (Å²) in [4.78, 5) is 0. The van der Waals surface area contributed by atoms with E-state index in [9.17, 15) is 0 Å². The molecule has 0 radical (unpaired) electrons. The highest BCUT2D eigenvalue weighted by molar-refractivity contribution is 5.03. The van der Waals surface area contributed by atoms with Crippen molar-refractivity contribution < 1.29 is 0 Å². The number of hydrogen-bond acceptors (Lipinski definition) is 3. The molecular formula is C8H19N3. The molecule has 0 aromatic rings. The lowest BCUT2D eigenvalue weighted by molar-refractivity contribution is 0.375. The predicted molar refractivity (Wildman–Crippen MR) is 48.8 cm³/mol. The first-order valence-corrected chi connectivity index (χ1v) is 3.93. The number of rotatable bonds is 4. The third-order valence-corrected chi connectivity index (χ3v) is 2.16. The minimum atomic E-state index is 0.159. The number of allylic oxidation sites excluding steroid dienone is 1. The van der Waals surface area contributed by atoms with E-state index in [0.29, 0.717) is 5.92 Å². The molecule has 0 amide bonds. The normalized spacial score (nSPS) is 18.1. The van der Waals surface area contributed by atoms with E-state index in [4.69, 9.17) is 5.84 Å².